The molecule has 1 aromatic rings. The second-order valence-corrected chi connectivity index (χ2v) is 3.79. The highest BCUT2D eigenvalue weighted by Gasteiger charge is 2.10. The van der Waals surface area contributed by atoms with E-state index >= 15 is 0 Å². The largest absolute Gasteiger partial charge is 0.294 e. The average Bonchev–Trinajstić information content (AvgIpc) is 2.18. The maximum absolute atomic E-state index is 13.2. The van der Waals surface area contributed by atoms with Crippen LogP contribution in [0, 0.1) is 5.82 Å². The Kier molecular flexibility index (Phi) is 4.01. The first-order chi connectivity index (χ1) is 6.65. The quantitative estimate of drug-likeness (QED) is 0.593. The Balaban J connectivity index is 2.88. The molecule has 0 amide bonds. The average molecular weight is 257 g/mol. The summed E-state index contributed by atoms with van der Waals surface area (Å²) in [7, 11) is 0. The van der Waals surface area contributed by atoms with Crippen molar-refractivity contribution in [3.63, 3.8) is 0 Å². The van der Waals surface area contributed by atoms with Crippen molar-refractivity contribution in [2.45, 2.75) is 12.8 Å². The van der Waals surface area contributed by atoms with Crippen molar-refractivity contribution in [1.82, 2.24) is 0 Å². The van der Waals surface area contributed by atoms with Crippen LogP contribution in [-0.2, 0) is 0 Å². The summed E-state index contributed by atoms with van der Waals surface area (Å²) < 4.78 is 13.9. The lowest BCUT2D eigenvalue weighted by atomic mass is 10.1. The molecule has 0 aromatic heterocycles. The third-order valence-electron chi connectivity index (χ3n) is 1.80. The SMILES string of the molecule is C=CCCC(=O)c1cc(Br)ccc1F. The van der Waals surface area contributed by atoms with E-state index in [0.717, 1.165) is 0 Å². The molecule has 14 heavy (non-hydrogen) atoms. The Bertz CT molecular complexity index is 360. The molecule has 0 bridgehead atoms. The van der Waals surface area contributed by atoms with Gasteiger partial charge in [-0.05, 0) is 24.6 Å². The monoisotopic (exact) mass is 256 g/mol. The highest BCUT2D eigenvalue weighted by atomic mass is 79.9. The van der Waals surface area contributed by atoms with E-state index in [0.29, 0.717) is 17.3 Å². The molecule has 0 aliphatic heterocycles. The third-order valence-corrected chi connectivity index (χ3v) is 2.30. The standard InChI is InChI=1S/C11H10BrFO/c1-2-3-4-11(14)9-7-8(12)5-6-10(9)13/h2,5-7H,1,3-4H2. The van der Waals surface area contributed by atoms with Crippen LogP contribution in [0.25, 0.3) is 0 Å². The van der Waals surface area contributed by atoms with Crippen LogP contribution >= 0.6 is 15.9 Å². The smallest absolute Gasteiger partial charge is 0.166 e. The Labute approximate surface area is 90.8 Å². The van der Waals surface area contributed by atoms with E-state index in [-0.39, 0.29) is 11.3 Å². The van der Waals surface area contributed by atoms with Gasteiger partial charge in [0.15, 0.2) is 5.78 Å². The Hall–Kier alpha value is -0.960. The third kappa shape index (κ3) is 2.77. The maximum Gasteiger partial charge on any atom is 0.166 e. The number of halogens is 2. The van der Waals surface area contributed by atoms with Crippen LogP contribution in [0.5, 0.6) is 0 Å². The van der Waals surface area contributed by atoms with Crippen molar-refractivity contribution in [3.05, 3.63) is 46.7 Å². The minimum Gasteiger partial charge on any atom is -0.294 e. The molecule has 0 saturated heterocycles. The Morgan fingerprint density at radius 3 is 2.93 bits per heavy atom. The zero-order chi connectivity index (χ0) is 10.6. The number of rotatable bonds is 4. The summed E-state index contributed by atoms with van der Waals surface area (Å²) in [6.07, 6.45) is 2.52. The highest BCUT2D eigenvalue weighted by molar-refractivity contribution is 9.10. The molecule has 1 aromatic carbocycles. The van der Waals surface area contributed by atoms with E-state index in [1.165, 1.54) is 12.1 Å². The number of Topliss-reactive ketones (excluding diaryl/α,β-unsaturated/α-hetero) is 1. The summed E-state index contributed by atoms with van der Waals surface area (Å²) in [4.78, 5) is 11.5. The van der Waals surface area contributed by atoms with Crippen molar-refractivity contribution in [3.8, 4) is 0 Å². The fourth-order valence-corrected chi connectivity index (χ4v) is 1.44. The Morgan fingerprint density at radius 2 is 2.29 bits per heavy atom. The van der Waals surface area contributed by atoms with Crippen LogP contribution in [0.4, 0.5) is 4.39 Å². The number of carbonyl (C=O) groups is 1. The molecule has 1 rings (SSSR count). The predicted molar refractivity (Wildman–Crippen MR) is 57.9 cm³/mol. The molecular formula is C11H10BrFO. The van der Waals surface area contributed by atoms with Gasteiger partial charge in [-0.1, -0.05) is 22.0 Å². The summed E-state index contributed by atoms with van der Waals surface area (Å²) in [6.45, 7) is 3.51. The van der Waals surface area contributed by atoms with Gasteiger partial charge in [0, 0.05) is 10.9 Å². The van der Waals surface area contributed by atoms with Crippen molar-refractivity contribution in [1.29, 1.82) is 0 Å². The topological polar surface area (TPSA) is 17.1 Å². The molecule has 0 unspecified atom stereocenters. The fraction of sp³-hybridized carbons (Fsp3) is 0.182. The highest BCUT2D eigenvalue weighted by Crippen LogP contribution is 2.17. The lowest BCUT2D eigenvalue weighted by molar-refractivity contribution is 0.0980. The van der Waals surface area contributed by atoms with Crippen molar-refractivity contribution in [2.75, 3.05) is 0 Å². The number of benzene rings is 1. The molecule has 3 heteroatoms. The molecule has 0 aliphatic rings. The molecule has 0 N–H and O–H groups in total. The van der Waals surface area contributed by atoms with E-state index in [1.807, 2.05) is 0 Å². The van der Waals surface area contributed by atoms with Gasteiger partial charge in [-0.15, -0.1) is 6.58 Å². The zero-order valence-electron chi connectivity index (χ0n) is 7.59. The maximum atomic E-state index is 13.2. The minimum atomic E-state index is -0.470. The first kappa shape index (κ1) is 11.1. The van der Waals surface area contributed by atoms with E-state index < -0.39 is 5.82 Å². The van der Waals surface area contributed by atoms with Crippen molar-refractivity contribution in [2.24, 2.45) is 0 Å². The van der Waals surface area contributed by atoms with Gasteiger partial charge in [-0.3, -0.25) is 4.79 Å². The van der Waals surface area contributed by atoms with E-state index in [2.05, 4.69) is 22.5 Å². The van der Waals surface area contributed by atoms with E-state index in [4.69, 9.17) is 0 Å². The number of ketones is 1. The van der Waals surface area contributed by atoms with Crippen LogP contribution in [-0.4, -0.2) is 5.78 Å². The van der Waals surface area contributed by atoms with Crippen molar-refractivity contribution < 1.29 is 9.18 Å². The fourth-order valence-electron chi connectivity index (χ4n) is 1.08. The minimum absolute atomic E-state index is 0.140. The van der Waals surface area contributed by atoms with Gasteiger partial charge in [0.05, 0.1) is 5.56 Å². The second kappa shape index (κ2) is 5.05. The van der Waals surface area contributed by atoms with E-state index in [1.54, 1.807) is 12.1 Å². The predicted octanol–water partition coefficient (Wildman–Crippen LogP) is 3.74. The molecule has 0 atom stereocenters. The van der Waals surface area contributed by atoms with Gasteiger partial charge in [0.25, 0.3) is 0 Å². The lowest BCUT2D eigenvalue weighted by Crippen LogP contribution is -2.01. The van der Waals surface area contributed by atoms with Crippen LogP contribution < -0.4 is 0 Å². The zero-order valence-corrected chi connectivity index (χ0v) is 9.18. The molecule has 0 spiro atoms. The van der Waals surface area contributed by atoms with Gasteiger partial charge in [0.1, 0.15) is 5.82 Å². The van der Waals surface area contributed by atoms with Gasteiger partial charge < -0.3 is 0 Å². The summed E-state index contributed by atoms with van der Waals surface area (Å²) in [6, 6.07) is 4.35. The van der Waals surface area contributed by atoms with Crippen LogP contribution in [0.3, 0.4) is 0 Å². The number of allylic oxidation sites excluding steroid dienone is 1. The lowest BCUT2D eigenvalue weighted by Gasteiger charge is -2.01. The van der Waals surface area contributed by atoms with Crippen molar-refractivity contribution >= 4 is 21.7 Å². The molecule has 0 heterocycles. The molecule has 0 saturated carbocycles. The van der Waals surface area contributed by atoms with Gasteiger partial charge in [0.2, 0.25) is 0 Å². The number of carbonyl (C=O) groups excluding carboxylic acids is 1. The molecule has 74 valence electrons. The number of hydrogen-bond donors (Lipinski definition) is 0. The first-order valence-electron chi connectivity index (χ1n) is 4.24. The molecule has 1 nitrogen and oxygen atoms in total. The normalized spacial score (nSPS) is 9.86. The summed E-state index contributed by atoms with van der Waals surface area (Å²) in [5, 5.41) is 0. The van der Waals surface area contributed by atoms with E-state index in [9.17, 15) is 9.18 Å². The van der Waals surface area contributed by atoms with Crippen LogP contribution in [0.15, 0.2) is 35.3 Å². The molecule has 0 fully saturated rings. The molecular weight excluding hydrogens is 247 g/mol. The first-order valence-corrected chi connectivity index (χ1v) is 5.03. The van der Waals surface area contributed by atoms with Gasteiger partial charge >= 0.3 is 0 Å². The summed E-state index contributed by atoms with van der Waals surface area (Å²) in [5.74, 6) is -0.661. The van der Waals surface area contributed by atoms with Gasteiger partial charge in [-0.25, -0.2) is 4.39 Å². The summed E-state index contributed by atoms with van der Waals surface area (Å²) in [5.41, 5.74) is 0.140. The number of hydrogen-bond acceptors (Lipinski definition) is 1. The van der Waals surface area contributed by atoms with Gasteiger partial charge in [-0.2, -0.15) is 0 Å². The molecule has 0 aliphatic carbocycles. The Morgan fingerprint density at radius 1 is 1.57 bits per heavy atom. The van der Waals surface area contributed by atoms with Crippen LogP contribution in [0.1, 0.15) is 23.2 Å². The van der Waals surface area contributed by atoms with Crippen LogP contribution in [0.2, 0.25) is 0 Å². The molecule has 0 radical (unpaired) electrons. The summed E-state index contributed by atoms with van der Waals surface area (Å²) >= 11 is 3.19. The second-order valence-electron chi connectivity index (χ2n) is 2.87.